The molecule has 1 N–H and O–H groups in total. The zero-order valence-corrected chi connectivity index (χ0v) is 14.5. The van der Waals surface area contributed by atoms with E-state index in [0.29, 0.717) is 23.7 Å². The molecule has 0 aliphatic carbocycles. The van der Waals surface area contributed by atoms with Crippen molar-refractivity contribution in [2.24, 2.45) is 0 Å². The normalized spacial score (nSPS) is 11.7. The van der Waals surface area contributed by atoms with Crippen LogP contribution in [0.25, 0.3) is 10.9 Å². The minimum Gasteiger partial charge on any atom is -0.476 e. The number of ether oxygens (including phenoxy) is 1. The number of nitriles is 1. The van der Waals surface area contributed by atoms with Crippen molar-refractivity contribution in [2.75, 3.05) is 5.32 Å². The van der Waals surface area contributed by atoms with Crippen molar-refractivity contribution in [3.05, 3.63) is 59.4 Å². The third kappa shape index (κ3) is 4.17. The number of anilines is 1. The Balaban J connectivity index is 1.75. The summed E-state index contributed by atoms with van der Waals surface area (Å²) in [6, 6.07) is 15.3. The number of halogens is 1. The van der Waals surface area contributed by atoms with Crippen LogP contribution in [-0.4, -0.2) is 16.1 Å². The molecule has 0 aliphatic heterocycles. The number of hydrogen-bond donors (Lipinski definition) is 1. The lowest BCUT2D eigenvalue weighted by molar-refractivity contribution is 0.251. The highest BCUT2D eigenvalue weighted by molar-refractivity contribution is 6.31. The Morgan fingerprint density at radius 2 is 2.12 bits per heavy atom. The summed E-state index contributed by atoms with van der Waals surface area (Å²) in [6.45, 7) is 2.50. The number of nitrogens with one attached hydrogen (secondary N) is 1. The van der Waals surface area contributed by atoms with Crippen molar-refractivity contribution in [1.29, 1.82) is 5.26 Å². The van der Waals surface area contributed by atoms with Gasteiger partial charge in [-0.1, -0.05) is 30.7 Å². The fourth-order valence-electron chi connectivity index (χ4n) is 2.45. The molecule has 0 amide bonds. The first-order chi connectivity index (χ1) is 12.2. The Morgan fingerprint density at radius 1 is 1.24 bits per heavy atom. The molecule has 25 heavy (non-hydrogen) atoms. The largest absolute Gasteiger partial charge is 0.476 e. The van der Waals surface area contributed by atoms with Crippen molar-refractivity contribution < 1.29 is 4.74 Å². The molecule has 0 fully saturated rings. The summed E-state index contributed by atoms with van der Waals surface area (Å²) in [5.74, 6) is 1.43. The van der Waals surface area contributed by atoms with Gasteiger partial charge in [0.05, 0.1) is 5.52 Å². The van der Waals surface area contributed by atoms with Crippen LogP contribution in [0.2, 0.25) is 5.02 Å². The van der Waals surface area contributed by atoms with Gasteiger partial charge in [0, 0.05) is 17.0 Å². The summed E-state index contributed by atoms with van der Waals surface area (Å²) in [6.07, 6.45) is 1.73. The van der Waals surface area contributed by atoms with E-state index in [1.54, 1.807) is 0 Å². The Morgan fingerprint density at radius 3 is 2.92 bits per heavy atom. The van der Waals surface area contributed by atoms with Gasteiger partial charge in [-0.25, -0.2) is 9.97 Å². The topological polar surface area (TPSA) is 70.8 Å². The molecule has 5 nitrogen and oxygen atoms in total. The van der Waals surface area contributed by atoms with E-state index >= 15 is 0 Å². The average molecular weight is 353 g/mol. The van der Waals surface area contributed by atoms with Crippen LogP contribution in [0.3, 0.4) is 0 Å². The van der Waals surface area contributed by atoms with E-state index in [9.17, 15) is 0 Å². The standard InChI is InChI=1S/C19H17ClN4O/c1-2-15(10-21)25-16-5-3-4-13(8-16)11-22-19-17-7-6-14(20)9-18(17)23-12-24-19/h3-9,12,15H,2,11H2,1H3,(H,22,23,24). The third-order valence-electron chi connectivity index (χ3n) is 3.75. The number of benzene rings is 2. The van der Waals surface area contributed by atoms with Crippen LogP contribution < -0.4 is 10.1 Å². The molecule has 2 aromatic carbocycles. The monoisotopic (exact) mass is 352 g/mol. The lowest BCUT2D eigenvalue weighted by Gasteiger charge is -2.12. The van der Waals surface area contributed by atoms with E-state index in [-0.39, 0.29) is 0 Å². The number of fused-ring (bicyclic) bond motifs is 1. The molecule has 0 radical (unpaired) electrons. The van der Waals surface area contributed by atoms with E-state index in [1.807, 2.05) is 49.4 Å². The fraction of sp³-hybridized carbons (Fsp3) is 0.211. The van der Waals surface area contributed by atoms with E-state index in [0.717, 1.165) is 22.3 Å². The molecule has 1 atom stereocenters. The second kappa shape index (κ2) is 7.82. The van der Waals surface area contributed by atoms with Crippen molar-refractivity contribution in [2.45, 2.75) is 26.0 Å². The smallest absolute Gasteiger partial charge is 0.184 e. The SMILES string of the molecule is CCC(C#N)Oc1cccc(CNc2ncnc3cc(Cl)ccc23)c1. The minimum absolute atomic E-state index is 0.432. The highest BCUT2D eigenvalue weighted by Crippen LogP contribution is 2.23. The predicted molar refractivity (Wildman–Crippen MR) is 98.6 cm³/mol. The summed E-state index contributed by atoms with van der Waals surface area (Å²) >= 11 is 6.01. The lowest BCUT2D eigenvalue weighted by Crippen LogP contribution is -2.12. The average Bonchev–Trinajstić information content (AvgIpc) is 2.64. The van der Waals surface area contributed by atoms with Crippen LogP contribution in [-0.2, 0) is 6.54 Å². The molecular formula is C19H17ClN4O. The van der Waals surface area contributed by atoms with E-state index in [1.165, 1.54) is 6.33 Å². The number of rotatable bonds is 6. The quantitative estimate of drug-likeness (QED) is 0.703. The van der Waals surface area contributed by atoms with Gasteiger partial charge < -0.3 is 10.1 Å². The summed E-state index contributed by atoms with van der Waals surface area (Å²) < 4.78 is 5.66. The molecule has 3 aromatic rings. The van der Waals surface area contributed by atoms with E-state index in [4.69, 9.17) is 21.6 Å². The van der Waals surface area contributed by atoms with Crippen molar-refractivity contribution in [3.63, 3.8) is 0 Å². The van der Waals surface area contributed by atoms with Gasteiger partial charge in [0.15, 0.2) is 6.10 Å². The first-order valence-corrected chi connectivity index (χ1v) is 8.36. The first kappa shape index (κ1) is 17.0. The minimum atomic E-state index is -0.432. The second-order valence-corrected chi connectivity index (χ2v) is 5.96. The highest BCUT2D eigenvalue weighted by Gasteiger charge is 2.07. The van der Waals surface area contributed by atoms with Crippen molar-refractivity contribution in [1.82, 2.24) is 9.97 Å². The Labute approximate surface area is 151 Å². The van der Waals surface area contributed by atoms with Gasteiger partial charge in [0.25, 0.3) is 0 Å². The summed E-state index contributed by atoms with van der Waals surface area (Å²) in [4.78, 5) is 8.55. The lowest BCUT2D eigenvalue weighted by atomic mass is 10.2. The van der Waals surface area contributed by atoms with Gasteiger partial charge in [-0.15, -0.1) is 0 Å². The molecule has 0 saturated carbocycles. The van der Waals surface area contributed by atoms with Gasteiger partial charge in [0.1, 0.15) is 24.0 Å². The van der Waals surface area contributed by atoms with Crippen LogP contribution in [0, 0.1) is 11.3 Å². The molecule has 0 aliphatic rings. The Kier molecular flexibility index (Phi) is 5.32. The summed E-state index contributed by atoms with van der Waals surface area (Å²) in [5.41, 5.74) is 1.83. The number of aromatic nitrogens is 2. The maximum atomic E-state index is 9.02. The molecule has 1 unspecified atom stereocenters. The van der Waals surface area contributed by atoms with Gasteiger partial charge in [-0.3, -0.25) is 0 Å². The summed E-state index contributed by atoms with van der Waals surface area (Å²) in [5, 5.41) is 13.9. The molecule has 126 valence electrons. The van der Waals surface area contributed by atoms with Gasteiger partial charge in [-0.05, 0) is 42.3 Å². The van der Waals surface area contributed by atoms with Crippen LogP contribution in [0.15, 0.2) is 48.8 Å². The molecule has 0 spiro atoms. The van der Waals surface area contributed by atoms with E-state index < -0.39 is 6.10 Å². The zero-order valence-electron chi connectivity index (χ0n) is 13.7. The molecule has 1 heterocycles. The van der Waals surface area contributed by atoms with Gasteiger partial charge in [-0.2, -0.15) is 5.26 Å². The van der Waals surface area contributed by atoms with Crippen LogP contribution in [0.4, 0.5) is 5.82 Å². The molecule has 6 heteroatoms. The zero-order chi connectivity index (χ0) is 17.6. The number of hydrogen-bond acceptors (Lipinski definition) is 5. The van der Waals surface area contributed by atoms with Crippen LogP contribution in [0.1, 0.15) is 18.9 Å². The predicted octanol–water partition coefficient (Wildman–Crippen LogP) is 4.58. The number of nitrogens with zero attached hydrogens (tertiary/aromatic N) is 3. The van der Waals surface area contributed by atoms with Crippen LogP contribution >= 0.6 is 11.6 Å². The maximum Gasteiger partial charge on any atom is 0.184 e. The Bertz CT molecular complexity index is 923. The van der Waals surface area contributed by atoms with Gasteiger partial charge >= 0.3 is 0 Å². The van der Waals surface area contributed by atoms with E-state index in [2.05, 4.69) is 21.4 Å². The highest BCUT2D eigenvalue weighted by atomic mass is 35.5. The molecule has 1 aromatic heterocycles. The second-order valence-electron chi connectivity index (χ2n) is 5.53. The fourth-order valence-corrected chi connectivity index (χ4v) is 2.62. The van der Waals surface area contributed by atoms with Gasteiger partial charge in [0.2, 0.25) is 0 Å². The van der Waals surface area contributed by atoms with Crippen LogP contribution in [0.5, 0.6) is 5.75 Å². The molecular weight excluding hydrogens is 336 g/mol. The Hall–Kier alpha value is -2.84. The first-order valence-electron chi connectivity index (χ1n) is 7.99. The molecule has 0 bridgehead atoms. The van der Waals surface area contributed by atoms with Crippen molar-refractivity contribution in [3.8, 4) is 11.8 Å². The molecule has 3 rings (SSSR count). The maximum absolute atomic E-state index is 9.02. The third-order valence-corrected chi connectivity index (χ3v) is 3.99. The van der Waals surface area contributed by atoms with Crippen molar-refractivity contribution >= 4 is 28.3 Å². The molecule has 0 saturated heterocycles. The summed E-state index contributed by atoms with van der Waals surface area (Å²) in [7, 11) is 0.